The van der Waals surface area contributed by atoms with Gasteiger partial charge in [-0.1, -0.05) is 0 Å². The van der Waals surface area contributed by atoms with E-state index in [1.54, 1.807) is 24.3 Å². The number of carbonyl (C=O) groups excluding carboxylic acids is 1. The van der Waals surface area contributed by atoms with Gasteiger partial charge in [-0.2, -0.15) is 5.26 Å². The Morgan fingerprint density at radius 2 is 2.05 bits per heavy atom. The van der Waals surface area contributed by atoms with Crippen molar-refractivity contribution in [2.24, 2.45) is 0 Å². The lowest BCUT2D eigenvalue weighted by Gasteiger charge is -2.13. The van der Waals surface area contributed by atoms with Gasteiger partial charge in [-0.05, 0) is 51.1 Å². The number of carbonyl (C=O) groups is 1. The lowest BCUT2D eigenvalue weighted by Crippen LogP contribution is -2.31. The number of hydrogen-bond donors (Lipinski definition) is 1. The maximum absolute atomic E-state index is 11.9. The Kier molecular flexibility index (Phi) is 4.84. The molecule has 2 rings (SSSR count). The molecule has 0 saturated carbocycles. The highest BCUT2D eigenvalue weighted by atomic mass is 16.5. The first-order chi connectivity index (χ1) is 10.5. The number of benzene rings is 1. The van der Waals surface area contributed by atoms with Crippen LogP contribution in [0.25, 0.3) is 0 Å². The second kappa shape index (κ2) is 6.81. The number of ether oxygens (including phenoxy) is 1. The Bertz CT molecular complexity index is 696. The normalized spacial score (nSPS) is 11.5. The fourth-order valence-electron chi connectivity index (χ4n) is 2.22. The Morgan fingerprint density at radius 1 is 1.36 bits per heavy atom. The molecule has 0 fully saturated rings. The molecule has 0 bridgehead atoms. The van der Waals surface area contributed by atoms with Crippen molar-refractivity contribution in [1.29, 1.82) is 5.26 Å². The van der Waals surface area contributed by atoms with Gasteiger partial charge in [0.2, 0.25) is 0 Å². The summed E-state index contributed by atoms with van der Waals surface area (Å²) in [7, 11) is 0. The van der Waals surface area contributed by atoms with Crippen LogP contribution in [0.4, 0.5) is 0 Å². The molecule has 5 nitrogen and oxygen atoms in total. The van der Waals surface area contributed by atoms with E-state index in [9.17, 15) is 4.79 Å². The number of hydrogen-bond acceptors (Lipinski definition) is 4. The number of nitrogens with one attached hydrogen (secondary N) is 1. The molecule has 0 aliphatic carbocycles. The zero-order chi connectivity index (χ0) is 16.1. The molecule has 0 saturated heterocycles. The van der Waals surface area contributed by atoms with Crippen molar-refractivity contribution < 1.29 is 13.9 Å². The summed E-state index contributed by atoms with van der Waals surface area (Å²) in [5.74, 6) is 1.97. The number of rotatable bonds is 5. The van der Waals surface area contributed by atoms with Gasteiger partial charge in [0.05, 0.1) is 17.7 Å². The van der Waals surface area contributed by atoms with Crippen LogP contribution in [0, 0.1) is 25.2 Å². The van der Waals surface area contributed by atoms with Crippen LogP contribution in [0.1, 0.15) is 35.6 Å². The fourth-order valence-corrected chi connectivity index (χ4v) is 2.22. The lowest BCUT2D eigenvalue weighted by atomic mass is 10.1. The van der Waals surface area contributed by atoms with Crippen molar-refractivity contribution in [2.75, 3.05) is 6.61 Å². The summed E-state index contributed by atoms with van der Waals surface area (Å²) in [5, 5.41) is 11.6. The third-order valence-electron chi connectivity index (χ3n) is 3.28. The highest BCUT2D eigenvalue weighted by Crippen LogP contribution is 2.21. The van der Waals surface area contributed by atoms with E-state index in [-0.39, 0.29) is 18.6 Å². The molecule has 1 atom stereocenters. The largest absolute Gasteiger partial charge is 0.484 e. The molecule has 0 radical (unpaired) electrons. The molecule has 1 aromatic carbocycles. The average molecular weight is 298 g/mol. The average Bonchev–Trinajstić information content (AvgIpc) is 2.84. The lowest BCUT2D eigenvalue weighted by molar-refractivity contribution is -0.123. The van der Waals surface area contributed by atoms with Gasteiger partial charge < -0.3 is 14.5 Å². The number of nitrogens with zero attached hydrogens (tertiary/aromatic N) is 1. The van der Waals surface area contributed by atoms with Crippen LogP contribution in [0.15, 0.2) is 34.7 Å². The topological polar surface area (TPSA) is 75.3 Å². The first-order valence-electron chi connectivity index (χ1n) is 6.99. The first kappa shape index (κ1) is 15.6. The zero-order valence-electron chi connectivity index (χ0n) is 12.8. The first-order valence-corrected chi connectivity index (χ1v) is 6.99. The molecule has 0 aliphatic heterocycles. The van der Waals surface area contributed by atoms with Gasteiger partial charge >= 0.3 is 0 Å². The summed E-state index contributed by atoms with van der Waals surface area (Å²) in [4.78, 5) is 11.9. The standard InChI is InChI=1S/C17H18N2O3/c1-11-8-16(13(3)22-11)12(2)19-17(20)10-21-15-6-4-14(9-18)5-7-15/h4-8,12H,10H2,1-3H3,(H,19,20). The number of aryl methyl sites for hydroxylation is 2. The van der Waals surface area contributed by atoms with Gasteiger partial charge in [0, 0.05) is 5.56 Å². The van der Waals surface area contributed by atoms with Gasteiger partial charge in [0.1, 0.15) is 17.3 Å². The SMILES string of the molecule is Cc1cc(C(C)NC(=O)COc2ccc(C#N)cc2)c(C)o1. The van der Waals surface area contributed by atoms with Crippen LogP contribution < -0.4 is 10.1 Å². The highest BCUT2D eigenvalue weighted by Gasteiger charge is 2.15. The van der Waals surface area contributed by atoms with Gasteiger partial charge in [0.15, 0.2) is 6.61 Å². The Labute approximate surface area is 129 Å². The molecule has 1 N–H and O–H groups in total. The number of amides is 1. The van der Waals surface area contributed by atoms with Crippen LogP contribution >= 0.6 is 0 Å². The third-order valence-corrected chi connectivity index (χ3v) is 3.28. The van der Waals surface area contributed by atoms with E-state index in [1.165, 1.54) is 0 Å². The van der Waals surface area contributed by atoms with Gasteiger partial charge in [-0.3, -0.25) is 4.79 Å². The van der Waals surface area contributed by atoms with E-state index < -0.39 is 0 Å². The molecular formula is C17H18N2O3. The van der Waals surface area contributed by atoms with E-state index in [0.717, 1.165) is 17.1 Å². The van der Waals surface area contributed by atoms with Crippen molar-refractivity contribution in [1.82, 2.24) is 5.32 Å². The van der Waals surface area contributed by atoms with Gasteiger partial charge in [0.25, 0.3) is 5.91 Å². The van der Waals surface area contributed by atoms with Crippen molar-refractivity contribution in [3.8, 4) is 11.8 Å². The van der Waals surface area contributed by atoms with Crippen LogP contribution in [0.3, 0.4) is 0 Å². The second-order valence-corrected chi connectivity index (χ2v) is 5.08. The monoisotopic (exact) mass is 298 g/mol. The molecule has 0 spiro atoms. The summed E-state index contributed by atoms with van der Waals surface area (Å²) >= 11 is 0. The maximum Gasteiger partial charge on any atom is 0.258 e. The van der Waals surface area contributed by atoms with E-state index in [4.69, 9.17) is 14.4 Å². The summed E-state index contributed by atoms with van der Waals surface area (Å²) in [6.07, 6.45) is 0. The molecule has 5 heteroatoms. The molecule has 2 aromatic rings. The minimum absolute atomic E-state index is 0.0773. The molecule has 0 aliphatic rings. The molecule has 22 heavy (non-hydrogen) atoms. The van der Waals surface area contributed by atoms with Gasteiger partial charge in [-0.15, -0.1) is 0 Å². The Hall–Kier alpha value is -2.74. The van der Waals surface area contributed by atoms with E-state index in [0.29, 0.717) is 11.3 Å². The van der Waals surface area contributed by atoms with Gasteiger partial charge in [-0.25, -0.2) is 0 Å². The van der Waals surface area contributed by atoms with Crippen molar-refractivity contribution in [2.45, 2.75) is 26.8 Å². The fraction of sp³-hybridized carbons (Fsp3) is 0.294. The zero-order valence-corrected chi connectivity index (χ0v) is 12.8. The van der Waals surface area contributed by atoms with Crippen molar-refractivity contribution in [3.05, 3.63) is 53.0 Å². The predicted octanol–water partition coefficient (Wildman–Crippen LogP) is 3.02. The van der Waals surface area contributed by atoms with Crippen LogP contribution in [0.5, 0.6) is 5.75 Å². The van der Waals surface area contributed by atoms with Crippen molar-refractivity contribution >= 4 is 5.91 Å². The maximum atomic E-state index is 11.9. The van der Waals surface area contributed by atoms with Crippen molar-refractivity contribution in [3.63, 3.8) is 0 Å². The molecule has 1 heterocycles. The smallest absolute Gasteiger partial charge is 0.258 e. The molecule has 1 amide bonds. The van der Waals surface area contributed by atoms with E-state index in [2.05, 4.69) is 5.32 Å². The Balaban J connectivity index is 1.87. The number of furan rings is 1. The minimum atomic E-state index is -0.213. The highest BCUT2D eigenvalue weighted by molar-refractivity contribution is 5.78. The molecule has 1 aromatic heterocycles. The minimum Gasteiger partial charge on any atom is -0.484 e. The summed E-state index contributed by atoms with van der Waals surface area (Å²) in [6, 6.07) is 10.4. The Morgan fingerprint density at radius 3 is 2.59 bits per heavy atom. The summed E-state index contributed by atoms with van der Waals surface area (Å²) in [6.45, 7) is 5.57. The molecular weight excluding hydrogens is 280 g/mol. The second-order valence-electron chi connectivity index (χ2n) is 5.08. The molecule has 1 unspecified atom stereocenters. The molecule has 114 valence electrons. The van der Waals surface area contributed by atoms with E-state index in [1.807, 2.05) is 32.9 Å². The van der Waals surface area contributed by atoms with Crippen LogP contribution in [-0.2, 0) is 4.79 Å². The quantitative estimate of drug-likeness (QED) is 0.920. The van der Waals surface area contributed by atoms with Crippen LogP contribution in [0.2, 0.25) is 0 Å². The van der Waals surface area contributed by atoms with E-state index >= 15 is 0 Å². The van der Waals surface area contributed by atoms with Crippen LogP contribution in [-0.4, -0.2) is 12.5 Å². The predicted molar refractivity (Wildman–Crippen MR) is 81.4 cm³/mol. The summed E-state index contributed by atoms with van der Waals surface area (Å²) in [5.41, 5.74) is 1.51. The summed E-state index contributed by atoms with van der Waals surface area (Å²) < 4.78 is 10.9. The third kappa shape index (κ3) is 3.89. The number of nitriles is 1.